The zero-order chi connectivity index (χ0) is 12.6. The Kier molecular flexibility index (Phi) is 14.9. The summed E-state index contributed by atoms with van der Waals surface area (Å²) in [5, 5.41) is 8.62. The number of hydrogen-bond donors (Lipinski definition) is 1. The molecule has 1 heteroatoms. The number of aliphatic hydroxyl groups is 1. The van der Waals surface area contributed by atoms with Gasteiger partial charge in [0.2, 0.25) is 0 Å². The van der Waals surface area contributed by atoms with Crippen LogP contribution in [0.3, 0.4) is 0 Å². The zero-order valence-corrected chi connectivity index (χ0v) is 11.5. The van der Waals surface area contributed by atoms with Gasteiger partial charge in [-0.3, -0.25) is 0 Å². The lowest BCUT2D eigenvalue weighted by atomic mass is 10.1. The van der Waals surface area contributed by atoms with Gasteiger partial charge in [-0.15, -0.1) is 0 Å². The lowest BCUT2D eigenvalue weighted by Gasteiger charge is -1.95. The number of aliphatic hydroxyl groups excluding tert-OH is 1. The SMILES string of the molecule is CCCC/C=C\CC/C=C\CCCCCCO. The number of rotatable bonds is 12. The van der Waals surface area contributed by atoms with E-state index in [1.54, 1.807) is 0 Å². The topological polar surface area (TPSA) is 20.2 Å². The van der Waals surface area contributed by atoms with Crippen LogP contribution < -0.4 is 0 Å². The summed E-state index contributed by atoms with van der Waals surface area (Å²) in [5.41, 5.74) is 0. The van der Waals surface area contributed by atoms with Crippen molar-refractivity contribution in [2.24, 2.45) is 0 Å². The van der Waals surface area contributed by atoms with E-state index in [1.807, 2.05) is 0 Å². The molecule has 0 aromatic heterocycles. The Labute approximate surface area is 108 Å². The van der Waals surface area contributed by atoms with Crippen LogP contribution >= 0.6 is 0 Å². The van der Waals surface area contributed by atoms with Gasteiger partial charge in [0.1, 0.15) is 0 Å². The normalized spacial score (nSPS) is 11.9. The second kappa shape index (κ2) is 15.4. The molecule has 100 valence electrons. The fourth-order valence-electron chi connectivity index (χ4n) is 1.71. The zero-order valence-electron chi connectivity index (χ0n) is 11.5. The molecule has 0 aliphatic rings. The number of unbranched alkanes of at least 4 members (excludes halogenated alkanes) is 7. The molecule has 0 atom stereocenters. The van der Waals surface area contributed by atoms with Crippen molar-refractivity contribution in [1.29, 1.82) is 0 Å². The minimum absolute atomic E-state index is 0.347. The van der Waals surface area contributed by atoms with E-state index in [-0.39, 0.29) is 0 Å². The molecule has 0 saturated heterocycles. The van der Waals surface area contributed by atoms with Crippen molar-refractivity contribution in [2.75, 3.05) is 6.61 Å². The molecule has 0 bridgehead atoms. The highest BCUT2D eigenvalue weighted by Gasteiger charge is 1.86. The third kappa shape index (κ3) is 15.4. The van der Waals surface area contributed by atoms with Crippen LogP contribution in [0.5, 0.6) is 0 Å². The number of allylic oxidation sites excluding steroid dienone is 4. The smallest absolute Gasteiger partial charge is 0.0431 e. The predicted octanol–water partition coefficient (Wildman–Crippen LogP) is 5.01. The van der Waals surface area contributed by atoms with E-state index >= 15 is 0 Å². The average Bonchev–Trinajstić information content (AvgIpc) is 2.35. The van der Waals surface area contributed by atoms with Crippen molar-refractivity contribution >= 4 is 0 Å². The molecule has 0 aromatic carbocycles. The van der Waals surface area contributed by atoms with Crippen LogP contribution in [-0.4, -0.2) is 11.7 Å². The molecule has 0 amide bonds. The summed E-state index contributed by atoms with van der Waals surface area (Å²) < 4.78 is 0. The first-order chi connectivity index (χ1) is 8.41. The van der Waals surface area contributed by atoms with Crippen LogP contribution in [-0.2, 0) is 0 Å². The second-order valence-corrected chi connectivity index (χ2v) is 4.59. The van der Waals surface area contributed by atoms with Gasteiger partial charge in [0.05, 0.1) is 0 Å². The van der Waals surface area contributed by atoms with E-state index in [0.717, 1.165) is 6.42 Å². The molecule has 0 heterocycles. The van der Waals surface area contributed by atoms with E-state index < -0.39 is 0 Å². The first-order valence-corrected chi connectivity index (χ1v) is 7.32. The summed E-state index contributed by atoms with van der Waals surface area (Å²) in [5.74, 6) is 0. The van der Waals surface area contributed by atoms with Crippen molar-refractivity contribution in [3.63, 3.8) is 0 Å². The second-order valence-electron chi connectivity index (χ2n) is 4.59. The van der Waals surface area contributed by atoms with Gasteiger partial charge in [-0.05, 0) is 38.5 Å². The van der Waals surface area contributed by atoms with Crippen molar-refractivity contribution in [2.45, 2.75) is 71.1 Å². The summed E-state index contributed by atoms with van der Waals surface area (Å²) >= 11 is 0. The van der Waals surface area contributed by atoms with Gasteiger partial charge in [0, 0.05) is 6.61 Å². The Hall–Kier alpha value is -0.560. The quantitative estimate of drug-likeness (QED) is 0.374. The van der Waals surface area contributed by atoms with Gasteiger partial charge in [0.15, 0.2) is 0 Å². The Morgan fingerprint density at radius 2 is 1.18 bits per heavy atom. The molecule has 0 aliphatic carbocycles. The van der Waals surface area contributed by atoms with E-state index in [1.165, 1.54) is 57.8 Å². The fourth-order valence-corrected chi connectivity index (χ4v) is 1.71. The molecule has 1 nitrogen and oxygen atoms in total. The van der Waals surface area contributed by atoms with Crippen LogP contribution in [0.4, 0.5) is 0 Å². The third-order valence-corrected chi connectivity index (χ3v) is 2.84. The van der Waals surface area contributed by atoms with Gasteiger partial charge >= 0.3 is 0 Å². The fraction of sp³-hybridized carbons (Fsp3) is 0.750. The van der Waals surface area contributed by atoms with E-state index in [2.05, 4.69) is 31.2 Å². The maximum absolute atomic E-state index is 8.62. The molecular formula is C16H30O. The molecular weight excluding hydrogens is 208 g/mol. The van der Waals surface area contributed by atoms with Gasteiger partial charge in [-0.1, -0.05) is 56.9 Å². The van der Waals surface area contributed by atoms with E-state index in [9.17, 15) is 0 Å². The molecule has 1 N–H and O–H groups in total. The van der Waals surface area contributed by atoms with Crippen LogP contribution in [0, 0.1) is 0 Å². The van der Waals surface area contributed by atoms with Crippen molar-refractivity contribution in [3.05, 3.63) is 24.3 Å². The Bertz CT molecular complexity index is 182. The first-order valence-electron chi connectivity index (χ1n) is 7.32. The van der Waals surface area contributed by atoms with E-state index in [4.69, 9.17) is 5.11 Å². The predicted molar refractivity (Wildman–Crippen MR) is 77.2 cm³/mol. The molecule has 0 rings (SSSR count). The van der Waals surface area contributed by atoms with Crippen LogP contribution in [0.25, 0.3) is 0 Å². The molecule has 0 unspecified atom stereocenters. The maximum Gasteiger partial charge on any atom is 0.0431 e. The Balaban J connectivity index is 3.11. The van der Waals surface area contributed by atoms with Gasteiger partial charge in [-0.25, -0.2) is 0 Å². The highest BCUT2D eigenvalue weighted by molar-refractivity contribution is 4.87. The average molecular weight is 238 g/mol. The minimum Gasteiger partial charge on any atom is -0.396 e. The van der Waals surface area contributed by atoms with Crippen molar-refractivity contribution in [3.8, 4) is 0 Å². The van der Waals surface area contributed by atoms with Gasteiger partial charge < -0.3 is 5.11 Å². The van der Waals surface area contributed by atoms with Crippen molar-refractivity contribution < 1.29 is 5.11 Å². The molecule has 0 radical (unpaired) electrons. The van der Waals surface area contributed by atoms with Crippen LogP contribution in [0.15, 0.2) is 24.3 Å². The minimum atomic E-state index is 0.347. The summed E-state index contributed by atoms with van der Waals surface area (Å²) in [4.78, 5) is 0. The largest absolute Gasteiger partial charge is 0.396 e. The molecule has 0 spiro atoms. The highest BCUT2D eigenvalue weighted by atomic mass is 16.2. The lowest BCUT2D eigenvalue weighted by molar-refractivity contribution is 0.282. The lowest BCUT2D eigenvalue weighted by Crippen LogP contribution is -1.82. The monoisotopic (exact) mass is 238 g/mol. The summed E-state index contributed by atoms with van der Waals surface area (Å²) in [6.07, 6.45) is 21.3. The molecule has 0 fully saturated rings. The van der Waals surface area contributed by atoms with Crippen LogP contribution in [0.1, 0.15) is 71.1 Å². The van der Waals surface area contributed by atoms with E-state index in [0.29, 0.717) is 6.61 Å². The van der Waals surface area contributed by atoms with Crippen LogP contribution in [0.2, 0.25) is 0 Å². The molecule has 0 aromatic rings. The Morgan fingerprint density at radius 3 is 1.76 bits per heavy atom. The van der Waals surface area contributed by atoms with Gasteiger partial charge in [-0.2, -0.15) is 0 Å². The summed E-state index contributed by atoms with van der Waals surface area (Å²) in [6, 6.07) is 0. The highest BCUT2D eigenvalue weighted by Crippen LogP contribution is 2.04. The number of hydrogen-bond acceptors (Lipinski definition) is 1. The maximum atomic E-state index is 8.62. The van der Waals surface area contributed by atoms with Crippen molar-refractivity contribution in [1.82, 2.24) is 0 Å². The third-order valence-electron chi connectivity index (χ3n) is 2.84. The molecule has 0 aliphatic heterocycles. The standard InChI is InChI=1S/C16H30O/c1-2-3-4-5-6-7-8-9-10-11-12-13-14-15-16-17/h5-6,9-10,17H,2-4,7-8,11-16H2,1H3/b6-5-,10-9-. The Morgan fingerprint density at radius 1 is 0.647 bits per heavy atom. The molecule has 17 heavy (non-hydrogen) atoms. The van der Waals surface area contributed by atoms with Gasteiger partial charge in [0.25, 0.3) is 0 Å². The summed E-state index contributed by atoms with van der Waals surface area (Å²) in [6.45, 7) is 2.58. The first kappa shape index (κ1) is 16.4. The molecule has 0 saturated carbocycles. The summed E-state index contributed by atoms with van der Waals surface area (Å²) in [7, 11) is 0.